The summed E-state index contributed by atoms with van der Waals surface area (Å²) in [4.78, 5) is 13.9. The molecule has 2 heterocycles. The number of nitriles is 1. The van der Waals surface area contributed by atoms with Gasteiger partial charge in [-0.1, -0.05) is 0 Å². The van der Waals surface area contributed by atoms with Gasteiger partial charge in [-0.25, -0.2) is 8.42 Å². The first-order valence-corrected chi connectivity index (χ1v) is 12.2. The second kappa shape index (κ2) is 8.47. The molecular weight excluding hydrogens is 422 g/mol. The molecule has 2 aliphatic rings. The molecule has 1 aliphatic heterocycles. The van der Waals surface area contributed by atoms with Crippen molar-refractivity contribution >= 4 is 32.3 Å². The SMILES string of the molecule is CN(CC1CCCO1)S(=O)(=O)c1ccc(C(=O)Nc2sc3c(c2C#N)CCC3)cc1. The van der Waals surface area contributed by atoms with Crippen molar-refractivity contribution in [3.63, 3.8) is 0 Å². The molecule has 0 bridgehead atoms. The minimum absolute atomic E-state index is 0.0726. The molecule has 0 radical (unpaired) electrons. The Kier molecular flexibility index (Phi) is 5.93. The van der Waals surface area contributed by atoms with E-state index in [1.54, 1.807) is 0 Å². The summed E-state index contributed by atoms with van der Waals surface area (Å²) in [5.74, 6) is -0.358. The zero-order chi connectivity index (χ0) is 21.3. The predicted octanol–water partition coefficient (Wildman–Crippen LogP) is 3.16. The number of benzene rings is 1. The number of carbonyl (C=O) groups excluding carboxylic acids is 1. The molecule has 2 aromatic rings. The normalized spacial score (nSPS) is 18.4. The molecule has 0 saturated carbocycles. The number of rotatable bonds is 6. The zero-order valence-electron chi connectivity index (χ0n) is 16.7. The Hall–Kier alpha value is -2.25. The molecule has 1 aliphatic carbocycles. The van der Waals surface area contributed by atoms with Crippen LogP contribution < -0.4 is 5.32 Å². The summed E-state index contributed by atoms with van der Waals surface area (Å²) in [5, 5.41) is 12.8. The number of carbonyl (C=O) groups is 1. The van der Waals surface area contributed by atoms with Crippen LogP contribution in [0, 0.1) is 11.3 Å². The van der Waals surface area contributed by atoms with Crippen molar-refractivity contribution in [1.29, 1.82) is 5.26 Å². The minimum atomic E-state index is -3.66. The van der Waals surface area contributed by atoms with Crippen molar-refractivity contribution in [2.45, 2.75) is 43.1 Å². The minimum Gasteiger partial charge on any atom is -0.377 e. The summed E-state index contributed by atoms with van der Waals surface area (Å²) in [6.45, 7) is 0.980. The zero-order valence-corrected chi connectivity index (χ0v) is 18.3. The van der Waals surface area contributed by atoms with E-state index in [1.165, 1.54) is 47.0 Å². The van der Waals surface area contributed by atoms with Crippen LogP contribution in [0.3, 0.4) is 0 Å². The fourth-order valence-corrected chi connectivity index (χ4v) is 6.35. The van der Waals surface area contributed by atoms with Crippen molar-refractivity contribution < 1.29 is 17.9 Å². The molecule has 4 rings (SSSR count). The summed E-state index contributed by atoms with van der Waals surface area (Å²) in [5.41, 5.74) is 1.94. The van der Waals surface area contributed by atoms with Gasteiger partial charge in [0.25, 0.3) is 5.91 Å². The summed E-state index contributed by atoms with van der Waals surface area (Å²) in [6.07, 6.45) is 4.59. The first kappa shape index (κ1) is 21.0. The van der Waals surface area contributed by atoms with Gasteiger partial charge in [-0.05, 0) is 61.9 Å². The smallest absolute Gasteiger partial charge is 0.256 e. The number of amides is 1. The maximum absolute atomic E-state index is 12.8. The number of hydrogen-bond acceptors (Lipinski definition) is 6. The second-order valence-corrected chi connectivity index (χ2v) is 10.7. The molecule has 30 heavy (non-hydrogen) atoms. The predicted molar refractivity (Wildman–Crippen MR) is 114 cm³/mol. The molecule has 1 N–H and O–H groups in total. The summed E-state index contributed by atoms with van der Waals surface area (Å²) in [7, 11) is -2.12. The lowest BCUT2D eigenvalue weighted by molar-refractivity contribution is 0.0979. The topological polar surface area (TPSA) is 99.5 Å². The van der Waals surface area contributed by atoms with Crippen LogP contribution in [0.1, 0.15) is 45.6 Å². The number of nitrogens with one attached hydrogen (secondary N) is 1. The number of hydrogen-bond donors (Lipinski definition) is 1. The van der Waals surface area contributed by atoms with Gasteiger partial charge in [0.15, 0.2) is 0 Å². The fraction of sp³-hybridized carbons (Fsp3) is 0.429. The molecule has 158 valence electrons. The molecule has 7 nitrogen and oxygen atoms in total. The highest BCUT2D eigenvalue weighted by Crippen LogP contribution is 2.38. The second-order valence-electron chi connectivity index (χ2n) is 7.57. The molecule has 1 aromatic carbocycles. The van der Waals surface area contributed by atoms with Crippen LogP contribution in [0.2, 0.25) is 0 Å². The molecule has 0 spiro atoms. The first-order valence-electron chi connectivity index (χ1n) is 9.94. The molecule has 9 heteroatoms. The number of ether oxygens (including phenoxy) is 1. The Balaban J connectivity index is 1.47. The van der Waals surface area contributed by atoms with Gasteiger partial charge in [-0.3, -0.25) is 4.79 Å². The highest BCUT2D eigenvalue weighted by atomic mass is 32.2. The number of fused-ring (bicyclic) bond motifs is 1. The van der Waals surface area contributed by atoms with Crippen molar-refractivity contribution in [2.75, 3.05) is 25.5 Å². The van der Waals surface area contributed by atoms with Gasteiger partial charge in [0.2, 0.25) is 10.0 Å². The van der Waals surface area contributed by atoms with Crippen LogP contribution in [0.25, 0.3) is 0 Å². The van der Waals surface area contributed by atoms with Crippen LogP contribution in [0.4, 0.5) is 5.00 Å². The van der Waals surface area contributed by atoms with Crippen LogP contribution in [0.15, 0.2) is 29.2 Å². The number of thiophene rings is 1. The summed E-state index contributed by atoms with van der Waals surface area (Å²) >= 11 is 1.45. The third kappa shape index (κ3) is 4.01. The maximum Gasteiger partial charge on any atom is 0.256 e. The van der Waals surface area contributed by atoms with E-state index in [0.29, 0.717) is 29.3 Å². The lowest BCUT2D eigenvalue weighted by Crippen LogP contribution is -2.34. The van der Waals surface area contributed by atoms with Gasteiger partial charge < -0.3 is 10.1 Å². The van der Waals surface area contributed by atoms with Gasteiger partial charge in [0.1, 0.15) is 11.1 Å². The largest absolute Gasteiger partial charge is 0.377 e. The van der Waals surface area contributed by atoms with Crippen molar-refractivity contribution in [3.8, 4) is 6.07 Å². The standard InChI is InChI=1S/C21H23N3O4S2/c1-24(13-15-4-3-11-28-15)30(26,27)16-9-7-14(8-10-16)20(25)23-21-18(12-22)17-5-2-6-19(17)29-21/h7-10,15H,2-6,11,13H2,1H3,(H,23,25). The molecule has 1 fully saturated rings. The highest BCUT2D eigenvalue weighted by molar-refractivity contribution is 7.89. The van der Waals surface area contributed by atoms with Crippen LogP contribution in [-0.2, 0) is 27.6 Å². The summed E-state index contributed by atoms with van der Waals surface area (Å²) in [6, 6.07) is 8.08. The lowest BCUT2D eigenvalue weighted by atomic mass is 10.1. The van der Waals surface area contributed by atoms with Crippen LogP contribution in [0.5, 0.6) is 0 Å². The number of anilines is 1. The molecule has 1 saturated heterocycles. The van der Waals surface area contributed by atoms with E-state index in [9.17, 15) is 18.5 Å². The quantitative estimate of drug-likeness (QED) is 0.736. The number of aryl methyl sites for hydroxylation is 1. The van der Waals surface area contributed by atoms with E-state index in [1.807, 2.05) is 0 Å². The van der Waals surface area contributed by atoms with Crippen LogP contribution >= 0.6 is 11.3 Å². The molecule has 1 unspecified atom stereocenters. The van der Waals surface area contributed by atoms with Crippen LogP contribution in [-0.4, -0.2) is 44.9 Å². The summed E-state index contributed by atoms with van der Waals surface area (Å²) < 4.78 is 32.4. The van der Waals surface area contributed by atoms with E-state index in [4.69, 9.17) is 4.74 Å². The maximum atomic E-state index is 12.8. The average molecular weight is 446 g/mol. The Bertz CT molecular complexity index is 1090. The van der Waals surface area contributed by atoms with E-state index in [-0.39, 0.29) is 16.9 Å². The van der Waals surface area contributed by atoms with Gasteiger partial charge in [0.05, 0.1) is 16.6 Å². The molecule has 1 atom stereocenters. The highest BCUT2D eigenvalue weighted by Gasteiger charge is 2.27. The number of sulfonamides is 1. The van der Waals surface area contributed by atoms with Crippen molar-refractivity contribution in [3.05, 3.63) is 45.8 Å². The number of nitrogens with zero attached hydrogens (tertiary/aromatic N) is 2. The van der Waals surface area contributed by atoms with Gasteiger partial charge in [-0.2, -0.15) is 9.57 Å². The molecular formula is C21H23N3O4S2. The van der Waals surface area contributed by atoms with Crippen molar-refractivity contribution in [1.82, 2.24) is 4.31 Å². The van der Waals surface area contributed by atoms with Crippen molar-refractivity contribution in [2.24, 2.45) is 0 Å². The first-order chi connectivity index (χ1) is 14.4. The molecule has 1 aromatic heterocycles. The Labute approximate surface area is 180 Å². The monoisotopic (exact) mass is 445 g/mol. The van der Waals surface area contributed by atoms with Gasteiger partial charge >= 0.3 is 0 Å². The van der Waals surface area contributed by atoms with E-state index >= 15 is 0 Å². The fourth-order valence-electron chi connectivity index (χ4n) is 3.92. The third-order valence-electron chi connectivity index (χ3n) is 5.57. The molecule has 1 amide bonds. The van der Waals surface area contributed by atoms with E-state index < -0.39 is 10.0 Å². The van der Waals surface area contributed by atoms with E-state index in [2.05, 4.69) is 11.4 Å². The lowest BCUT2D eigenvalue weighted by Gasteiger charge is -2.20. The third-order valence-corrected chi connectivity index (χ3v) is 8.61. The van der Waals surface area contributed by atoms with Gasteiger partial charge in [0, 0.05) is 30.6 Å². The Morgan fingerprint density at radius 1 is 1.30 bits per heavy atom. The Morgan fingerprint density at radius 2 is 2.07 bits per heavy atom. The van der Waals surface area contributed by atoms with E-state index in [0.717, 1.165) is 42.5 Å². The van der Waals surface area contributed by atoms with Gasteiger partial charge in [-0.15, -0.1) is 11.3 Å². The number of likely N-dealkylation sites (N-methyl/N-ethyl adjacent to an activating group) is 1. The average Bonchev–Trinajstić information content (AvgIpc) is 3.46. The Morgan fingerprint density at radius 3 is 2.73 bits per heavy atom.